The minimum absolute atomic E-state index is 0.0102. The predicted octanol–water partition coefficient (Wildman–Crippen LogP) is 0.109. The van der Waals surface area contributed by atoms with Gasteiger partial charge in [-0.1, -0.05) is 0 Å². The van der Waals surface area contributed by atoms with E-state index in [0.717, 1.165) is 18.8 Å². The van der Waals surface area contributed by atoms with E-state index in [0.29, 0.717) is 19.5 Å². The lowest BCUT2D eigenvalue weighted by atomic mass is 9.96. The average Bonchev–Trinajstić information content (AvgIpc) is 2.86. The Hall–Kier alpha value is -2.64. The molecule has 4 amide bonds. The van der Waals surface area contributed by atoms with Crippen LogP contribution in [0, 0.1) is 0 Å². The number of hydrogen-bond donors (Lipinski definition) is 2. The van der Waals surface area contributed by atoms with Crippen molar-refractivity contribution in [3.05, 3.63) is 24.5 Å². The summed E-state index contributed by atoms with van der Waals surface area (Å²) in [4.78, 5) is 43.5. The molecule has 0 spiro atoms. The van der Waals surface area contributed by atoms with Crippen LogP contribution in [0.5, 0.6) is 0 Å². The molecule has 8 heteroatoms. The van der Waals surface area contributed by atoms with Crippen LogP contribution < -0.4 is 15.5 Å². The normalized spacial score (nSPS) is 23.9. The molecule has 1 aromatic rings. The van der Waals surface area contributed by atoms with Crippen molar-refractivity contribution in [1.29, 1.82) is 0 Å². The Morgan fingerprint density at radius 1 is 1.29 bits per heavy atom. The molecule has 1 atom stereocenters. The molecule has 2 aliphatic heterocycles. The molecule has 0 aliphatic carbocycles. The smallest absolute Gasteiger partial charge is 0.322 e. The molecule has 3 heterocycles. The first-order valence-electron chi connectivity index (χ1n) is 8.04. The van der Waals surface area contributed by atoms with Crippen LogP contribution in [-0.4, -0.2) is 59.4 Å². The van der Waals surface area contributed by atoms with Crippen LogP contribution in [0.1, 0.15) is 19.8 Å². The highest BCUT2D eigenvalue weighted by molar-refractivity contribution is 6.06. The van der Waals surface area contributed by atoms with Crippen LogP contribution >= 0.6 is 0 Å². The number of anilines is 1. The van der Waals surface area contributed by atoms with Gasteiger partial charge in [-0.05, 0) is 25.5 Å². The Labute approximate surface area is 140 Å². The second kappa shape index (κ2) is 6.46. The third kappa shape index (κ3) is 3.32. The first-order valence-corrected chi connectivity index (χ1v) is 8.04. The monoisotopic (exact) mass is 331 g/mol. The largest absolute Gasteiger partial charge is 0.367 e. The summed E-state index contributed by atoms with van der Waals surface area (Å²) in [6, 6.07) is 3.40. The second-order valence-corrected chi connectivity index (χ2v) is 6.32. The first-order chi connectivity index (χ1) is 11.5. The molecule has 8 nitrogen and oxygen atoms in total. The summed E-state index contributed by atoms with van der Waals surface area (Å²) in [7, 11) is 0. The summed E-state index contributed by atoms with van der Waals surface area (Å²) < 4.78 is 0. The van der Waals surface area contributed by atoms with Crippen molar-refractivity contribution in [2.45, 2.75) is 25.3 Å². The van der Waals surface area contributed by atoms with Crippen LogP contribution in [0.2, 0.25) is 0 Å². The number of aromatic nitrogens is 1. The molecule has 1 aromatic heterocycles. The minimum Gasteiger partial charge on any atom is -0.367 e. The van der Waals surface area contributed by atoms with Gasteiger partial charge in [0.15, 0.2) is 0 Å². The lowest BCUT2D eigenvalue weighted by Gasteiger charge is -2.36. The van der Waals surface area contributed by atoms with Gasteiger partial charge in [0.2, 0.25) is 5.91 Å². The third-order valence-electron chi connectivity index (χ3n) is 4.60. The van der Waals surface area contributed by atoms with Gasteiger partial charge in [0.25, 0.3) is 5.91 Å². The molecule has 0 saturated carbocycles. The van der Waals surface area contributed by atoms with E-state index in [1.165, 1.54) is 0 Å². The van der Waals surface area contributed by atoms with E-state index in [2.05, 4.69) is 20.5 Å². The Balaban J connectivity index is 1.49. The summed E-state index contributed by atoms with van der Waals surface area (Å²) in [5, 5.41) is 4.79. The molecular formula is C16H21N5O3. The Kier molecular flexibility index (Phi) is 4.37. The van der Waals surface area contributed by atoms with E-state index in [1.807, 2.05) is 23.2 Å². The van der Waals surface area contributed by atoms with E-state index in [9.17, 15) is 14.4 Å². The zero-order valence-electron chi connectivity index (χ0n) is 13.6. The summed E-state index contributed by atoms with van der Waals surface area (Å²) in [5.74, 6) is -0.363. The Morgan fingerprint density at radius 3 is 2.62 bits per heavy atom. The Bertz CT molecular complexity index is 642. The van der Waals surface area contributed by atoms with Gasteiger partial charge in [0, 0.05) is 38.8 Å². The van der Waals surface area contributed by atoms with Gasteiger partial charge in [-0.25, -0.2) is 4.79 Å². The van der Waals surface area contributed by atoms with Crippen LogP contribution in [0.15, 0.2) is 24.5 Å². The lowest BCUT2D eigenvalue weighted by molar-refractivity contribution is -0.132. The van der Waals surface area contributed by atoms with Crippen molar-refractivity contribution < 1.29 is 14.4 Å². The highest BCUT2D eigenvalue weighted by Gasteiger charge is 2.42. The van der Waals surface area contributed by atoms with E-state index in [-0.39, 0.29) is 18.2 Å². The lowest BCUT2D eigenvalue weighted by Crippen LogP contribution is -2.50. The molecule has 2 N–H and O–H groups in total. The van der Waals surface area contributed by atoms with Crippen LogP contribution in [0.25, 0.3) is 0 Å². The van der Waals surface area contributed by atoms with E-state index in [4.69, 9.17) is 0 Å². The molecule has 2 fully saturated rings. The van der Waals surface area contributed by atoms with Gasteiger partial charge in [-0.2, -0.15) is 0 Å². The molecule has 24 heavy (non-hydrogen) atoms. The molecule has 2 saturated heterocycles. The highest BCUT2D eigenvalue weighted by Crippen LogP contribution is 2.19. The number of carbonyl (C=O) groups excluding carboxylic acids is 3. The van der Waals surface area contributed by atoms with Gasteiger partial charge in [-0.3, -0.25) is 19.9 Å². The topological polar surface area (TPSA) is 94.6 Å². The minimum atomic E-state index is -0.996. The van der Waals surface area contributed by atoms with Crippen LogP contribution in [0.4, 0.5) is 10.5 Å². The third-order valence-corrected chi connectivity index (χ3v) is 4.60. The molecule has 2 aliphatic rings. The molecule has 0 aromatic carbocycles. The molecule has 1 unspecified atom stereocenters. The van der Waals surface area contributed by atoms with Gasteiger partial charge >= 0.3 is 6.03 Å². The number of nitrogens with zero attached hydrogens (tertiary/aromatic N) is 3. The molecular weight excluding hydrogens is 310 g/mol. The summed E-state index contributed by atoms with van der Waals surface area (Å²) in [6.07, 6.45) is 4.09. The molecule has 0 bridgehead atoms. The van der Waals surface area contributed by atoms with Crippen LogP contribution in [0.3, 0.4) is 0 Å². The fourth-order valence-electron chi connectivity index (χ4n) is 3.03. The van der Waals surface area contributed by atoms with Crippen LogP contribution in [-0.2, 0) is 9.59 Å². The maximum Gasteiger partial charge on any atom is 0.322 e. The Morgan fingerprint density at radius 2 is 2.04 bits per heavy atom. The van der Waals surface area contributed by atoms with Crippen molar-refractivity contribution in [3.8, 4) is 0 Å². The number of nitrogens with one attached hydrogen (secondary N) is 2. The number of imide groups is 1. The zero-order chi connectivity index (χ0) is 17.2. The summed E-state index contributed by atoms with van der Waals surface area (Å²) >= 11 is 0. The first kappa shape index (κ1) is 16.2. The summed E-state index contributed by atoms with van der Waals surface area (Å²) in [5.41, 5.74) is 0.0621. The van der Waals surface area contributed by atoms with Gasteiger partial charge in [-0.15, -0.1) is 0 Å². The fourth-order valence-corrected chi connectivity index (χ4v) is 3.03. The van der Waals surface area contributed by atoms with E-state index >= 15 is 0 Å². The maximum absolute atomic E-state index is 12.4. The maximum atomic E-state index is 12.4. The van der Waals surface area contributed by atoms with E-state index < -0.39 is 11.6 Å². The van der Waals surface area contributed by atoms with Crippen molar-refractivity contribution in [1.82, 2.24) is 20.5 Å². The number of urea groups is 1. The van der Waals surface area contributed by atoms with Crippen molar-refractivity contribution in [2.24, 2.45) is 0 Å². The predicted molar refractivity (Wildman–Crippen MR) is 87.3 cm³/mol. The van der Waals surface area contributed by atoms with Crippen molar-refractivity contribution in [2.75, 3.05) is 31.1 Å². The number of amides is 4. The number of hydrogen-bond acceptors (Lipinski definition) is 5. The van der Waals surface area contributed by atoms with Gasteiger partial charge < -0.3 is 15.1 Å². The summed E-state index contributed by atoms with van der Waals surface area (Å²) in [6.45, 7) is 4.44. The standard InChI is InChI=1S/C16H21N5O3/c1-16(14(23)18-15(24)19-16)5-4-13(22)21-9-7-20(8-10-21)12-3-2-6-17-11-12/h2-3,6,11H,4-5,7-10H2,1H3,(H2,18,19,23,24). The zero-order valence-corrected chi connectivity index (χ0v) is 13.6. The molecule has 3 rings (SSSR count). The molecule has 128 valence electrons. The quantitative estimate of drug-likeness (QED) is 0.764. The number of rotatable bonds is 4. The SMILES string of the molecule is CC1(CCC(=O)N2CCN(c3cccnc3)CC2)NC(=O)NC1=O. The molecule has 0 radical (unpaired) electrons. The van der Waals surface area contributed by atoms with Gasteiger partial charge in [0.1, 0.15) is 5.54 Å². The fraction of sp³-hybridized carbons (Fsp3) is 0.500. The second-order valence-electron chi connectivity index (χ2n) is 6.32. The van der Waals surface area contributed by atoms with E-state index in [1.54, 1.807) is 13.1 Å². The highest BCUT2D eigenvalue weighted by atomic mass is 16.2. The average molecular weight is 331 g/mol. The number of piperazine rings is 1. The van der Waals surface area contributed by atoms with Gasteiger partial charge in [0.05, 0.1) is 11.9 Å². The number of pyridine rings is 1. The van der Waals surface area contributed by atoms with Crippen molar-refractivity contribution in [3.63, 3.8) is 0 Å². The number of carbonyl (C=O) groups is 3. The van der Waals surface area contributed by atoms with Crippen molar-refractivity contribution >= 4 is 23.5 Å².